The van der Waals surface area contributed by atoms with Crippen LogP contribution in [-0.4, -0.2) is 25.1 Å². The molecule has 0 saturated carbocycles. The van der Waals surface area contributed by atoms with Gasteiger partial charge in [0.1, 0.15) is 5.69 Å². The normalized spacial score (nSPS) is 10.8. The predicted octanol–water partition coefficient (Wildman–Crippen LogP) is 4.73. The molecule has 0 aliphatic carbocycles. The van der Waals surface area contributed by atoms with Crippen LogP contribution in [0.3, 0.4) is 0 Å². The number of anilines is 1. The molecule has 0 bridgehead atoms. The van der Waals surface area contributed by atoms with Crippen molar-refractivity contribution in [2.24, 2.45) is 10.2 Å². The van der Waals surface area contributed by atoms with Crippen LogP contribution in [0.2, 0.25) is 0 Å². The lowest BCUT2D eigenvalue weighted by atomic mass is 10.2. The van der Waals surface area contributed by atoms with Crippen LogP contribution in [0.4, 0.5) is 17.1 Å². The third kappa shape index (κ3) is 4.76. The van der Waals surface area contributed by atoms with E-state index in [0.29, 0.717) is 18.0 Å². The van der Waals surface area contributed by atoms with E-state index >= 15 is 0 Å². The van der Waals surface area contributed by atoms with Crippen molar-refractivity contribution in [3.63, 3.8) is 0 Å². The van der Waals surface area contributed by atoms with Gasteiger partial charge in [0.05, 0.1) is 24.6 Å². The molecule has 25 heavy (non-hydrogen) atoms. The van der Waals surface area contributed by atoms with E-state index in [4.69, 9.17) is 4.74 Å². The van der Waals surface area contributed by atoms with Gasteiger partial charge >= 0.3 is 0 Å². The molecule has 0 atom stereocenters. The molecule has 7 heteroatoms. The van der Waals surface area contributed by atoms with E-state index in [1.54, 1.807) is 0 Å². The molecule has 2 aromatic carbocycles. The van der Waals surface area contributed by atoms with Crippen LogP contribution in [0, 0.1) is 10.1 Å². The van der Waals surface area contributed by atoms with E-state index in [9.17, 15) is 10.1 Å². The Kier molecular flexibility index (Phi) is 6.45. The molecular weight excluding hydrogens is 320 g/mol. The van der Waals surface area contributed by atoms with Crippen molar-refractivity contribution >= 4 is 17.1 Å². The highest BCUT2D eigenvalue weighted by Crippen LogP contribution is 2.31. The van der Waals surface area contributed by atoms with Crippen molar-refractivity contribution in [1.29, 1.82) is 0 Å². The average Bonchev–Trinajstić information content (AvgIpc) is 2.64. The average molecular weight is 342 g/mol. The molecule has 0 unspecified atom stereocenters. The fourth-order valence-corrected chi connectivity index (χ4v) is 2.46. The number of azo groups is 1. The maximum atomic E-state index is 10.8. The standard InChI is InChI=1S/C18H22N4O3/c1-4-21(5-2)15-8-6-14(7-9-15)13-19-20-17-11-10-16(22(23)24)12-18(17)25-3/h6-12H,4-5,13H2,1-3H3. The van der Waals surface area contributed by atoms with Gasteiger partial charge in [0, 0.05) is 24.8 Å². The van der Waals surface area contributed by atoms with E-state index < -0.39 is 4.92 Å². The summed E-state index contributed by atoms with van der Waals surface area (Å²) in [5.74, 6) is 0.329. The molecule has 132 valence electrons. The summed E-state index contributed by atoms with van der Waals surface area (Å²) in [6.07, 6.45) is 0. The molecule has 0 radical (unpaired) electrons. The lowest BCUT2D eigenvalue weighted by Gasteiger charge is -2.20. The number of methoxy groups -OCH3 is 1. The highest BCUT2D eigenvalue weighted by atomic mass is 16.6. The molecule has 0 aliphatic rings. The number of hydrogen-bond donors (Lipinski definition) is 0. The van der Waals surface area contributed by atoms with Gasteiger partial charge < -0.3 is 9.64 Å². The van der Waals surface area contributed by atoms with Crippen LogP contribution < -0.4 is 9.64 Å². The van der Waals surface area contributed by atoms with Crippen molar-refractivity contribution in [2.45, 2.75) is 20.4 Å². The summed E-state index contributed by atoms with van der Waals surface area (Å²) in [5.41, 5.74) is 2.65. The molecule has 0 spiro atoms. The molecule has 0 fully saturated rings. The topological polar surface area (TPSA) is 80.3 Å². The minimum absolute atomic E-state index is 0.0391. The molecule has 0 aliphatic heterocycles. The van der Waals surface area contributed by atoms with E-state index in [2.05, 4.69) is 41.1 Å². The van der Waals surface area contributed by atoms with Crippen LogP contribution in [0.5, 0.6) is 5.75 Å². The SMILES string of the molecule is CCN(CC)c1ccc(CN=Nc2ccc([N+](=O)[O-])cc2OC)cc1. The van der Waals surface area contributed by atoms with Gasteiger partial charge in [-0.1, -0.05) is 12.1 Å². The molecule has 0 heterocycles. The van der Waals surface area contributed by atoms with Crippen LogP contribution >= 0.6 is 0 Å². The van der Waals surface area contributed by atoms with Gasteiger partial charge in [-0.2, -0.15) is 10.2 Å². The Morgan fingerprint density at radius 3 is 2.36 bits per heavy atom. The Morgan fingerprint density at radius 2 is 1.80 bits per heavy atom. The van der Waals surface area contributed by atoms with Gasteiger partial charge in [-0.05, 0) is 37.6 Å². The third-order valence-corrected chi connectivity index (χ3v) is 3.87. The summed E-state index contributed by atoms with van der Waals surface area (Å²) in [5, 5.41) is 19.1. The molecular formula is C18H22N4O3. The largest absolute Gasteiger partial charge is 0.494 e. The fraction of sp³-hybridized carbons (Fsp3) is 0.333. The molecule has 0 N–H and O–H groups in total. The molecule has 7 nitrogen and oxygen atoms in total. The Labute approximate surface area is 147 Å². The van der Waals surface area contributed by atoms with Crippen LogP contribution in [0.1, 0.15) is 19.4 Å². The first-order chi connectivity index (χ1) is 12.1. The molecule has 2 aromatic rings. The van der Waals surface area contributed by atoms with Gasteiger partial charge in [0.15, 0.2) is 5.75 Å². The number of nitro benzene ring substituents is 1. The maximum Gasteiger partial charge on any atom is 0.273 e. The number of rotatable bonds is 8. The lowest BCUT2D eigenvalue weighted by Crippen LogP contribution is -2.21. The summed E-state index contributed by atoms with van der Waals surface area (Å²) < 4.78 is 5.14. The second-order valence-electron chi connectivity index (χ2n) is 5.35. The Morgan fingerprint density at radius 1 is 1.12 bits per heavy atom. The fourth-order valence-electron chi connectivity index (χ4n) is 2.46. The van der Waals surface area contributed by atoms with Crippen molar-refractivity contribution in [3.05, 3.63) is 58.1 Å². The third-order valence-electron chi connectivity index (χ3n) is 3.87. The first-order valence-corrected chi connectivity index (χ1v) is 8.12. The van der Waals surface area contributed by atoms with Crippen LogP contribution in [0.15, 0.2) is 52.7 Å². The number of nitrogens with zero attached hydrogens (tertiary/aromatic N) is 4. The zero-order valence-electron chi connectivity index (χ0n) is 14.7. The van der Waals surface area contributed by atoms with Crippen molar-refractivity contribution in [1.82, 2.24) is 0 Å². The van der Waals surface area contributed by atoms with E-state index in [0.717, 1.165) is 18.7 Å². The van der Waals surface area contributed by atoms with E-state index in [1.165, 1.54) is 31.0 Å². The second-order valence-corrected chi connectivity index (χ2v) is 5.35. The number of ether oxygens (including phenoxy) is 1. The van der Waals surface area contributed by atoms with Crippen LogP contribution in [0.25, 0.3) is 0 Å². The lowest BCUT2D eigenvalue weighted by molar-refractivity contribution is -0.384. The first kappa shape index (κ1) is 18.4. The highest BCUT2D eigenvalue weighted by Gasteiger charge is 2.10. The quantitative estimate of drug-likeness (QED) is 0.394. The Bertz CT molecular complexity index is 740. The van der Waals surface area contributed by atoms with Gasteiger partial charge in [-0.15, -0.1) is 0 Å². The second kappa shape index (κ2) is 8.77. The monoisotopic (exact) mass is 342 g/mol. The minimum atomic E-state index is -0.471. The Balaban J connectivity index is 2.07. The summed E-state index contributed by atoms with van der Waals surface area (Å²) >= 11 is 0. The molecule has 0 amide bonds. The van der Waals surface area contributed by atoms with Gasteiger partial charge in [0.2, 0.25) is 0 Å². The summed E-state index contributed by atoms with van der Waals surface area (Å²) in [6, 6.07) is 12.5. The minimum Gasteiger partial charge on any atom is -0.494 e. The number of non-ortho nitro benzene ring substituents is 1. The first-order valence-electron chi connectivity index (χ1n) is 8.12. The van der Waals surface area contributed by atoms with E-state index in [-0.39, 0.29) is 5.69 Å². The highest BCUT2D eigenvalue weighted by molar-refractivity contribution is 5.56. The number of nitro groups is 1. The van der Waals surface area contributed by atoms with Crippen LogP contribution in [-0.2, 0) is 6.54 Å². The Hall–Kier alpha value is -2.96. The maximum absolute atomic E-state index is 10.8. The zero-order chi connectivity index (χ0) is 18.2. The van der Waals surface area contributed by atoms with Crippen molar-refractivity contribution in [3.8, 4) is 5.75 Å². The van der Waals surface area contributed by atoms with Gasteiger partial charge in [0.25, 0.3) is 5.69 Å². The predicted molar refractivity (Wildman–Crippen MR) is 97.9 cm³/mol. The number of hydrogen-bond acceptors (Lipinski definition) is 6. The van der Waals surface area contributed by atoms with Gasteiger partial charge in [-0.3, -0.25) is 10.1 Å². The molecule has 0 aromatic heterocycles. The smallest absolute Gasteiger partial charge is 0.273 e. The summed E-state index contributed by atoms with van der Waals surface area (Å²) in [6.45, 7) is 6.62. The van der Waals surface area contributed by atoms with Crippen molar-refractivity contribution < 1.29 is 9.66 Å². The molecule has 0 saturated heterocycles. The van der Waals surface area contributed by atoms with Crippen molar-refractivity contribution in [2.75, 3.05) is 25.1 Å². The van der Waals surface area contributed by atoms with Gasteiger partial charge in [-0.25, -0.2) is 0 Å². The van der Waals surface area contributed by atoms with E-state index in [1.807, 2.05) is 12.1 Å². The zero-order valence-corrected chi connectivity index (χ0v) is 14.7. The number of benzene rings is 2. The summed E-state index contributed by atoms with van der Waals surface area (Å²) in [4.78, 5) is 12.6. The summed E-state index contributed by atoms with van der Waals surface area (Å²) in [7, 11) is 1.45. The molecule has 2 rings (SSSR count).